The monoisotopic (exact) mass is 298 g/mol. The summed E-state index contributed by atoms with van der Waals surface area (Å²) < 4.78 is 15.0. The molecule has 1 unspecified atom stereocenters. The van der Waals surface area contributed by atoms with E-state index in [1.165, 1.54) is 13.0 Å². The molecule has 2 N–H and O–H groups in total. The van der Waals surface area contributed by atoms with Crippen LogP contribution in [-0.2, 0) is 46.6 Å². The number of carbonyl (C=O) groups is 1. The maximum Gasteiger partial charge on any atom is 0.351 e. The second-order valence-electron chi connectivity index (χ2n) is 2.23. The van der Waals surface area contributed by atoms with E-state index in [1.54, 1.807) is 0 Å². The van der Waals surface area contributed by atoms with Crippen molar-refractivity contribution in [1.29, 1.82) is 0 Å². The quantitative estimate of drug-likeness (QED) is 0.450. The third kappa shape index (κ3) is 7.79. The van der Waals surface area contributed by atoms with Crippen LogP contribution in [0.3, 0.4) is 0 Å². The van der Waals surface area contributed by atoms with Crippen LogP contribution in [0.5, 0.6) is 0 Å². The summed E-state index contributed by atoms with van der Waals surface area (Å²) >= 11 is 0. The van der Waals surface area contributed by atoms with Gasteiger partial charge in [-0.3, -0.25) is 14.6 Å². The first kappa shape index (κ1) is 16.8. The number of nitrogens with zero attached hydrogens (tertiary/aromatic N) is 1. The van der Waals surface area contributed by atoms with Gasteiger partial charge in [0.1, 0.15) is 0 Å². The molecule has 0 aliphatic heterocycles. The third-order valence-corrected chi connectivity index (χ3v) is 2.31. The van der Waals surface area contributed by atoms with Gasteiger partial charge in [0.05, 0.1) is 6.54 Å². The van der Waals surface area contributed by atoms with E-state index in [0.29, 0.717) is 5.06 Å². The molecule has 6 nitrogen and oxygen atoms in total. The Morgan fingerprint density at radius 1 is 1.64 bits per heavy atom. The van der Waals surface area contributed by atoms with Crippen molar-refractivity contribution in [3.63, 3.8) is 0 Å². The van der Waals surface area contributed by atoms with Crippen LogP contribution in [0.1, 0.15) is 6.92 Å². The zero-order valence-electron chi connectivity index (χ0n) is 7.95. The topological polar surface area (TPSA) is 87.1 Å². The van der Waals surface area contributed by atoms with E-state index in [-0.39, 0.29) is 39.3 Å². The summed E-state index contributed by atoms with van der Waals surface area (Å²) in [6.45, 7) is 1.02. The first-order chi connectivity index (χ1) is 5.89. The summed E-state index contributed by atoms with van der Waals surface area (Å²) in [6.07, 6.45) is 1.17. The van der Waals surface area contributed by atoms with Crippen LogP contribution in [0.2, 0.25) is 0 Å². The molecular formula is C6H12NO5PY. The zero-order valence-corrected chi connectivity index (χ0v) is 11.7. The van der Waals surface area contributed by atoms with Crippen molar-refractivity contribution in [3.8, 4) is 0 Å². The van der Waals surface area contributed by atoms with Crippen LogP contribution in [0.4, 0.5) is 0 Å². The Morgan fingerprint density at radius 2 is 2.14 bits per heavy atom. The maximum atomic E-state index is 10.8. The largest absolute Gasteiger partial charge is 0.351 e. The molecule has 79 valence electrons. The molecule has 0 aromatic rings. The SMILES string of the molecule is COP(=O)(O)/C=C/CN(O)C(C)=O.[Y]. The minimum Gasteiger partial charge on any atom is -0.321 e. The summed E-state index contributed by atoms with van der Waals surface area (Å²) in [5.41, 5.74) is 0. The van der Waals surface area contributed by atoms with E-state index < -0.39 is 13.5 Å². The van der Waals surface area contributed by atoms with E-state index in [2.05, 4.69) is 4.52 Å². The molecule has 0 aromatic carbocycles. The smallest absolute Gasteiger partial charge is 0.321 e. The van der Waals surface area contributed by atoms with Crippen LogP contribution >= 0.6 is 7.60 Å². The van der Waals surface area contributed by atoms with E-state index in [1.807, 2.05) is 0 Å². The Bertz CT molecular complexity index is 257. The first-order valence-corrected chi connectivity index (χ1v) is 5.06. The average molecular weight is 298 g/mol. The van der Waals surface area contributed by atoms with Gasteiger partial charge in [-0.25, -0.2) is 5.06 Å². The van der Waals surface area contributed by atoms with E-state index in [0.717, 1.165) is 12.9 Å². The van der Waals surface area contributed by atoms with Crippen molar-refractivity contribution >= 4 is 13.5 Å². The first-order valence-electron chi connectivity index (χ1n) is 3.42. The van der Waals surface area contributed by atoms with Crippen molar-refractivity contribution in [3.05, 3.63) is 11.9 Å². The summed E-state index contributed by atoms with van der Waals surface area (Å²) in [6, 6.07) is 0. The van der Waals surface area contributed by atoms with E-state index in [4.69, 9.17) is 10.1 Å². The van der Waals surface area contributed by atoms with Gasteiger partial charge < -0.3 is 9.42 Å². The number of hydroxylamine groups is 2. The molecule has 1 atom stereocenters. The zero-order chi connectivity index (χ0) is 10.5. The molecular weight excluding hydrogens is 286 g/mol. The van der Waals surface area contributed by atoms with Crippen molar-refractivity contribution < 1.29 is 56.7 Å². The Balaban J connectivity index is 0. The maximum absolute atomic E-state index is 10.8. The number of rotatable bonds is 4. The molecule has 8 heteroatoms. The molecule has 0 aromatic heterocycles. The van der Waals surface area contributed by atoms with Gasteiger partial charge in [-0.2, -0.15) is 0 Å². The molecule has 1 radical (unpaired) electrons. The summed E-state index contributed by atoms with van der Waals surface area (Å²) in [4.78, 5) is 19.3. The van der Waals surface area contributed by atoms with Crippen LogP contribution in [-0.4, -0.2) is 34.7 Å². The van der Waals surface area contributed by atoms with Gasteiger partial charge in [0.2, 0.25) is 5.91 Å². The molecule has 0 bridgehead atoms. The molecule has 0 saturated carbocycles. The molecule has 0 aliphatic rings. The van der Waals surface area contributed by atoms with Crippen molar-refractivity contribution in [2.75, 3.05) is 13.7 Å². The Labute approximate surface area is 107 Å². The fraction of sp³-hybridized carbons (Fsp3) is 0.500. The number of hydrogen-bond acceptors (Lipinski definition) is 4. The third-order valence-electron chi connectivity index (χ3n) is 1.20. The van der Waals surface area contributed by atoms with Gasteiger partial charge in [-0.1, -0.05) is 6.08 Å². The molecule has 0 aliphatic carbocycles. The van der Waals surface area contributed by atoms with Gasteiger partial charge in [0.25, 0.3) is 0 Å². The molecule has 0 heterocycles. The van der Waals surface area contributed by atoms with Crippen LogP contribution in [0.25, 0.3) is 0 Å². The van der Waals surface area contributed by atoms with Gasteiger partial charge in [0.15, 0.2) is 0 Å². The van der Waals surface area contributed by atoms with E-state index in [9.17, 15) is 9.36 Å². The minimum atomic E-state index is -3.69. The molecule has 1 amide bonds. The standard InChI is InChI=1S/C6H12NO5P.Y/c1-6(8)7(9)4-3-5-13(10,11)12-2;/h3,5,9H,4H2,1-2H3,(H,10,11);/b5-3+;. The van der Waals surface area contributed by atoms with Gasteiger partial charge in [0, 0.05) is 52.6 Å². The Morgan fingerprint density at radius 3 is 2.50 bits per heavy atom. The average Bonchev–Trinajstić information content (AvgIpc) is 2.04. The molecule has 0 rings (SSSR count). The predicted octanol–water partition coefficient (Wildman–Crippen LogP) is 0.567. The van der Waals surface area contributed by atoms with Crippen molar-refractivity contribution in [2.24, 2.45) is 0 Å². The number of hydrogen-bond donors (Lipinski definition) is 2. The van der Waals surface area contributed by atoms with Crippen molar-refractivity contribution in [1.82, 2.24) is 5.06 Å². The normalized spacial score (nSPS) is 14.6. The number of amides is 1. The summed E-state index contributed by atoms with van der Waals surface area (Å²) in [5.74, 6) is 0.355. The molecule has 0 spiro atoms. The van der Waals surface area contributed by atoms with Gasteiger partial charge in [-0.15, -0.1) is 0 Å². The van der Waals surface area contributed by atoms with Crippen molar-refractivity contribution in [2.45, 2.75) is 6.92 Å². The van der Waals surface area contributed by atoms with Crippen LogP contribution in [0.15, 0.2) is 11.9 Å². The molecule has 0 saturated heterocycles. The Kier molecular flexibility index (Phi) is 9.24. The number of carbonyl (C=O) groups excluding carboxylic acids is 1. The fourth-order valence-electron chi connectivity index (χ4n) is 0.470. The van der Waals surface area contributed by atoms with Gasteiger partial charge in [-0.05, 0) is 0 Å². The molecule has 14 heavy (non-hydrogen) atoms. The minimum absolute atomic E-state index is 0. The van der Waals surface area contributed by atoms with Crippen LogP contribution < -0.4 is 0 Å². The fourth-order valence-corrected chi connectivity index (χ4v) is 0.952. The Hall–Kier alpha value is 0.424. The molecule has 0 fully saturated rings. The second kappa shape index (κ2) is 7.68. The second-order valence-corrected chi connectivity index (χ2v) is 4.02. The summed E-state index contributed by atoms with van der Waals surface area (Å²) in [5, 5.41) is 9.23. The predicted molar refractivity (Wildman–Crippen MR) is 45.1 cm³/mol. The van der Waals surface area contributed by atoms with E-state index >= 15 is 0 Å². The van der Waals surface area contributed by atoms with Gasteiger partial charge >= 0.3 is 7.60 Å². The van der Waals surface area contributed by atoms with Crippen LogP contribution in [0, 0.1) is 0 Å². The summed E-state index contributed by atoms with van der Waals surface area (Å²) in [7, 11) is -2.60.